The standard InChI is InChI=1S/C20H24N2O3/c1-14-4-7-17(8-5-14)20(24)22-11-10-21-19(23)13-25-18-9-6-15(2)16(3)12-18/h4-9,12H,10-11,13H2,1-3H3,(H,21,23)(H,22,24). The van der Waals surface area contributed by atoms with Gasteiger partial charge in [-0.3, -0.25) is 9.59 Å². The van der Waals surface area contributed by atoms with E-state index in [1.165, 1.54) is 5.56 Å². The molecule has 0 bridgehead atoms. The van der Waals surface area contributed by atoms with Crippen molar-refractivity contribution in [1.82, 2.24) is 10.6 Å². The summed E-state index contributed by atoms with van der Waals surface area (Å²) in [5, 5.41) is 5.48. The molecule has 0 fully saturated rings. The number of benzene rings is 2. The van der Waals surface area contributed by atoms with Gasteiger partial charge >= 0.3 is 0 Å². The third-order valence-electron chi connectivity index (χ3n) is 3.89. The second kappa shape index (κ2) is 8.87. The number of ether oxygens (including phenoxy) is 1. The molecule has 0 heterocycles. The van der Waals surface area contributed by atoms with Crippen molar-refractivity contribution >= 4 is 11.8 Å². The van der Waals surface area contributed by atoms with Crippen LogP contribution < -0.4 is 15.4 Å². The van der Waals surface area contributed by atoms with Gasteiger partial charge < -0.3 is 15.4 Å². The lowest BCUT2D eigenvalue weighted by molar-refractivity contribution is -0.123. The highest BCUT2D eigenvalue weighted by molar-refractivity contribution is 5.94. The summed E-state index contributed by atoms with van der Waals surface area (Å²) in [6, 6.07) is 13.0. The van der Waals surface area contributed by atoms with E-state index < -0.39 is 0 Å². The normalized spacial score (nSPS) is 10.2. The van der Waals surface area contributed by atoms with E-state index in [0.717, 1.165) is 11.1 Å². The first-order chi connectivity index (χ1) is 12.0. The molecule has 0 saturated carbocycles. The lowest BCUT2D eigenvalue weighted by atomic mass is 10.1. The number of amides is 2. The molecule has 0 spiro atoms. The van der Waals surface area contributed by atoms with Gasteiger partial charge in [0.2, 0.25) is 0 Å². The number of hydrogen-bond acceptors (Lipinski definition) is 3. The van der Waals surface area contributed by atoms with E-state index >= 15 is 0 Å². The largest absolute Gasteiger partial charge is 0.484 e. The highest BCUT2D eigenvalue weighted by Gasteiger charge is 2.06. The maximum atomic E-state index is 11.9. The van der Waals surface area contributed by atoms with Gasteiger partial charge in [-0.15, -0.1) is 0 Å². The van der Waals surface area contributed by atoms with Crippen LogP contribution in [0.1, 0.15) is 27.0 Å². The van der Waals surface area contributed by atoms with Crippen LogP contribution in [0.4, 0.5) is 0 Å². The van der Waals surface area contributed by atoms with E-state index in [0.29, 0.717) is 24.4 Å². The number of hydrogen-bond donors (Lipinski definition) is 2. The highest BCUT2D eigenvalue weighted by atomic mass is 16.5. The van der Waals surface area contributed by atoms with Crippen LogP contribution >= 0.6 is 0 Å². The van der Waals surface area contributed by atoms with Crippen molar-refractivity contribution in [2.45, 2.75) is 20.8 Å². The van der Waals surface area contributed by atoms with Gasteiger partial charge in [0, 0.05) is 18.7 Å². The van der Waals surface area contributed by atoms with E-state index in [1.54, 1.807) is 12.1 Å². The first-order valence-corrected chi connectivity index (χ1v) is 8.27. The summed E-state index contributed by atoms with van der Waals surface area (Å²) in [4.78, 5) is 23.7. The van der Waals surface area contributed by atoms with E-state index in [1.807, 2.05) is 51.1 Å². The molecule has 2 N–H and O–H groups in total. The average Bonchev–Trinajstić information content (AvgIpc) is 2.60. The summed E-state index contributed by atoms with van der Waals surface area (Å²) in [5.74, 6) is 0.300. The van der Waals surface area contributed by atoms with Gasteiger partial charge in [-0.2, -0.15) is 0 Å². The lowest BCUT2D eigenvalue weighted by Crippen LogP contribution is -2.36. The van der Waals surface area contributed by atoms with Crippen molar-refractivity contribution in [3.8, 4) is 5.75 Å². The Bertz CT molecular complexity index is 739. The van der Waals surface area contributed by atoms with Gasteiger partial charge in [0.1, 0.15) is 5.75 Å². The number of carbonyl (C=O) groups is 2. The number of rotatable bonds is 7. The van der Waals surface area contributed by atoms with E-state index in [4.69, 9.17) is 4.74 Å². The minimum absolute atomic E-state index is 0.0472. The van der Waals surface area contributed by atoms with Crippen molar-refractivity contribution in [1.29, 1.82) is 0 Å². The zero-order valence-corrected chi connectivity index (χ0v) is 14.9. The predicted octanol–water partition coefficient (Wildman–Crippen LogP) is 2.54. The Morgan fingerprint density at radius 3 is 2.24 bits per heavy atom. The molecule has 2 aromatic carbocycles. The van der Waals surface area contributed by atoms with Crippen LogP contribution in [-0.2, 0) is 4.79 Å². The molecule has 0 aliphatic heterocycles. The van der Waals surface area contributed by atoms with Gasteiger partial charge in [0.25, 0.3) is 11.8 Å². The summed E-state index contributed by atoms with van der Waals surface area (Å²) in [5.41, 5.74) is 4.01. The molecule has 25 heavy (non-hydrogen) atoms. The fourth-order valence-corrected chi connectivity index (χ4v) is 2.19. The zero-order chi connectivity index (χ0) is 18.2. The molecule has 2 amide bonds. The maximum Gasteiger partial charge on any atom is 0.258 e. The molecule has 0 radical (unpaired) electrons. The van der Waals surface area contributed by atoms with Crippen LogP contribution in [0.5, 0.6) is 5.75 Å². The third kappa shape index (κ3) is 5.95. The summed E-state index contributed by atoms with van der Waals surface area (Å²) in [6.07, 6.45) is 0. The van der Waals surface area contributed by atoms with Crippen LogP contribution in [0.3, 0.4) is 0 Å². The molecular weight excluding hydrogens is 316 g/mol. The minimum Gasteiger partial charge on any atom is -0.484 e. The second-order valence-electron chi connectivity index (χ2n) is 6.01. The topological polar surface area (TPSA) is 67.4 Å². The van der Waals surface area contributed by atoms with Crippen LogP contribution in [0.2, 0.25) is 0 Å². The van der Waals surface area contributed by atoms with Crippen LogP contribution in [0.15, 0.2) is 42.5 Å². The maximum absolute atomic E-state index is 11.9. The molecule has 5 nitrogen and oxygen atoms in total. The average molecular weight is 340 g/mol. The molecule has 0 aromatic heterocycles. The molecule has 0 saturated heterocycles. The molecule has 5 heteroatoms. The van der Waals surface area contributed by atoms with Gasteiger partial charge in [-0.1, -0.05) is 23.8 Å². The Morgan fingerprint density at radius 1 is 0.880 bits per heavy atom. The highest BCUT2D eigenvalue weighted by Crippen LogP contribution is 2.16. The molecule has 0 unspecified atom stereocenters. The second-order valence-corrected chi connectivity index (χ2v) is 6.01. The Kier molecular flexibility index (Phi) is 6.57. The van der Waals surface area contributed by atoms with Crippen molar-refractivity contribution in [2.75, 3.05) is 19.7 Å². The van der Waals surface area contributed by atoms with Crippen LogP contribution in [0.25, 0.3) is 0 Å². The van der Waals surface area contributed by atoms with Crippen molar-refractivity contribution in [2.24, 2.45) is 0 Å². The molecule has 2 aromatic rings. The minimum atomic E-state index is -0.220. The molecule has 2 rings (SSSR count). The third-order valence-corrected chi connectivity index (χ3v) is 3.89. The summed E-state index contributed by atoms with van der Waals surface area (Å²) >= 11 is 0. The van der Waals surface area contributed by atoms with Gasteiger partial charge in [-0.25, -0.2) is 0 Å². The zero-order valence-electron chi connectivity index (χ0n) is 14.9. The van der Waals surface area contributed by atoms with Gasteiger partial charge in [0.15, 0.2) is 6.61 Å². The monoisotopic (exact) mass is 340 g/mol. The Morgan fingerprint density at radius 2 is 1.56 bits per heavy atom. The fraction of sp³-hybridized carbons (Fsp3) is 0.300. The Hall–Kier alpha value is -2.82. The predicted molar refractivity (Wildman–Crippen MR) is 97.9 cm³/mol. The molecule has 0 atom stereocenters. The summed E-state index contributed by atoms with van der Waals surface area (Å²) in [7, 11) is 0. The number of carbonyl (C=O) groups excluding carboxylic acids is 2. The summed E-state index contributed by atoms with van der Waals surface area (Å²) in [6.45, 7) is 6.66. The first kappa shape index (κ1) is 18.5. The van der Waals surface area contributed by atoms with E-state index in [2.05, 4.69) is 10.6 Å². The van der Waals surface area contributed by atoms with Crippen LogP contribution in [-0.4, -0.2) is 31.5 Å². The lowest BCUT2D eigenvalue weighted by Gasteiger charge is -2.10. The molecule has 0 aliphatic carbocycles. The molecular formula is C20H24N2O3. The molecule has 132 valence electrons. The smallest absolute Gasteiger partial charge is 0.258 e. The quantitative estimate of drug-likeness (QED) is 0.761. The molecule has 0 aliphatic rings. The van der Waals surface area contributed by atoms with Crippen molar-refractivity contribution in [3.63, 3.8) is 0 Å². The van der Waals surface area contributed by atoms with Crippen molar-refractivity contribution < 1.29 is 14.3 Å². The Labute approximate surface area is 148 Å². The SMILES string of the molecule is Cc1ccc(C(=O)NCCNC(=O)COc2ccc(C)c(C)c2)cc1. The van der Waals surface area contributed by atoms with Crippen LogP contribution in [0, 0.1) is 20.8 Å². The van der Waals surface area contributed by atoms with E-state index in [-0.39, 0.29) is 18.4 Å². The van der Waals surface area contributed by atoms with Gasteiger partial charge in [-0.05, 0) is 56.2 Å². The van der Waals surface area contributed by atoms with Crippen molar-refractivity contribution in [3.05, 3.63) is 64.7 Å². The van der Waals surface area contributed by atoms with E-state index in [9.17, 15) is 9.59 Å². The number of aryl methyl sites for hydroxylation is 3. The Balaban J connectivity index is 1.65. The first-order valence-electron chi connectivity index (χ1n) is 8.27. The number of nitrogens with one attached hydrogen (secondary N) is 2. The van der Waals surface area contributed by atoms with Gasteiger partial charge in [0.05, 0.1) is 0 Å². The summed E-state index contributed by atoms with van der Waals surface area (Å²) < 4.78 is 5.46. The fourth-order valence-electron chi connectivity index (χ4n) is 2.19.